The molecule has 6 heteroatoms. The lowest BCUT2D eigenvalue weighted by atomic mass is 10.1. The Balaban J connectivity index is 2.31. The standard InChI is InChI=1S/C14H15N3O3/c1-17(8-12(18)20-2)14(19)11-7-6-9-4-3-5-10(15)13(9)16-11/h3-7H,8,15H2,1-2H3. The van der Waals surface area contributed by atoms with Crippen LogP contribution in [-0.2, 0) is 9.53 Å². The minimum absolute atomic E-state index is 0.126. The third-order valence-corrected chi connectivity index (χ3v) is 2.91. The Bertz CT molecular complexity index is 670. The molecule has 2 rings (SSSR count). The first-order chi connectivity index (χ1) is 9.52. The van der Waals surface area contributed by atoms with Gasteiger partial charge in [-0.15, -0.1) is 0 Å². The average molecular weight is 273 g/mol. The molecule has 2 N–H and O–H groups in total. The molecule has 1 aromatic carbocycles. The van der Waals surface area contributed by atoms with Gasteiger partial charge in [-0.2, -0.15) is 0 Å². The van der Waals surface area contributed by atoms with E-state index in [0.717, 1.165) is 5.39 Å². The summed E-state index contributed by atoms with van der Waals surface area (Å²) in [4.78, 5) is 28.8. The maximum absolute atomic E-state index is 12.2. The van der Waals surface area contributed by atoms with E-state index in [-0.39, 0.29) is 18.1 Å². The molecule has 1 amide bonds. The maximum atomic E-state index is 12.2. The number of pyridine rings is 1. The molecule has 0 bridgehead atoms. The lowest BCUT2D eigenvalue weighted by Crippen LogP contribution is -2.33. The minimum Gasteiger partial charge on any atom is -0.468 e. The summed E-state index contributed by atoms with van der Waals surface area (Å²) in [6.07, 6.45) is 0. The third-order valence-electron chi connectivity index (χ3n) is 2.91. The average Bonchev–Trinajstić information content (AvgIpc) is 2.46. The largest absolute Gasteiger partial charge is 0.468 e. The number of fused-ring (bicyclic) bond motifs is 1. The fourth-order valence-corrected chi connectivity index (χ4v) is 1.81. The number of hydrogen-bond donors (Lipinski definition) is 1. The molecule has 0 saturated carbocycles. The molecule has 1 aromatic heterocycles. The summed E-state index contributed by atoms with van der Waals surface area (Å²) in [6.45, 7) is -0.126. The zero-order valence-corrected chi connectivity index (χ0v) is 11.3. The Morgan fingerprint density at radius 3 is 2.75 bits per heavy atom. The SMILES string of the molecule is COC(=O)CN(C)C(=O)c1ccc2cccc(N)c2n1. The van der Waals surface area contributed by atoms with Crippen LogP contribution >= 0.6 is 0 Å². The van der Waals surface area contributed by atoms with Crippen LogP contribution in [0, 0.1) is 0 Å². The van der Waals surface area contributed by atoms with E-state index in [2.05, 4.69) is 9.72 Å². The predicted molar refractivity (Wildman–Crippen MR) is 75.1 cm³/mol. The number of aromatic nitrogens is 1. The van der Waals surface area contributed by atoms with E-state index in [1.807, 2.05) is 12.1 Å². The number of rotatable bonds is 3. The molecule has 0 atom stereocenters. The second-order valence-corrected chi connectivity index (χ2v) is 4.35. The molecule has 0 spiro atoms. The second kappa shape index (κ2) is 5.56. The summed E-state index contributed by atoms with van der Waals surface area (Å²) in [6, 6.07) is 8.80. The highest BCUT2D eigenvalue weighted by molar-refractivity contribution is 5.98. The summed E-state index contributed by atoms with van der Waals surface area (Å²) in [5, 5.41) is 0.858. The Hall–Kier alpha value is -2.63. The van der Waals surface area contributed by atoms with Crippen molar-refractivity contribution in [2.45, 2.75) is 0 Å². The van der Waals surface area contributed by atoms with Crippen LogP contribution in [0.4, 0.5) is 5.69 Å². The van der Waals surface area contributed by atoms with Gasteiger partial charge in [0, 0.05) is 12.4 Å². The molecule has 1 heterocycles. The van der Waals surface area contributed by atoms with E-state index in [1.54, 1.807) is 18.2 Å². The number of nitrogen functional groups attached to an aromatic ring is 1. The number of benzene rings is 1. The number of ether oxygens (including phenoxy) is 1. The lowest BCUT2D eigenvalue weighted by Gasteiger charge is -2.15. The van der Waals surface area contributed by atoms with Gasteiger partial charge in [0.2, 0.25) is 0 Å². The van der Waals surface area contributed by atoms with Crippen LogP contribution in [0.5, 0.6) is 0 Å². The van der Waals surface area contributed by atoms with Gasteiger partial charge >= 0.3 is 5.97 Å². The number of nitrogens with two attached hydrogens (primary N) is 1. The number of para-hydroxylation sites is 1. The molecule has 0 saturated heterocycles. The van der Waals surface area contributed by atoms with E-state index < -0.39 is 5.97 Å². The summed E-state index contributed by atoms with van der Waals surface area (Å²) in [5.74, 6) is -0.846. The molecule has 2 aromatic rings. The zero-order chi connectivity index (χ0) is 14.7. The molecule has 104 valence electrons. The number of anilines is 1. The minimum atomic E-state index is -0.485. The van der Waals surface area contributed by atoms with Crippen LogP contribution in [0.15, 0.2) is 30.3 Å². The molecule has 0 aliphatic rings. The lowest BCUT2D eigenvalue weighted by molar-refractivity contribution is -0.141. The normalized spacial score (nSPS) is 10.3. The molecule has 0 unspecified atom stereocenters. The molecule has 6 nitrogen and oxygen atoms in total. The van der Waals surface area contributed by atoms with Crippen LogP contribution in [0.2, 0.25) is 0 Å². The van der Waals surface area contributed by atoms with Crippen LogP contribution in [0.1, 0.15) is 10.5 Å². The van der Waals surface area contributed by atoms with Crippen molar-refractivity contribution in [1.82, 2.24) is 9.88 Å². The van der Waals surface area contributed by atoms with Gasteiger partial charge in [-0.3, -0.25) is 9.59 Å². The highest BCUT2D eigenvalue weighted by Gasteiger charge is 2.17. The van der Waals surface area contributed by atoms with Gasteiger partial charge in [-0.1, -0.05) is 18.2 Å². The summed E-state index contributed by atoms with van der Waals surface area (Å²) < 4.78 is 4.52. The van der Waals surface area contributed by atoms with Crippen molar-refractivity contribution >= 4 is 28.5 Å². The first-order valence-corrected chi connectivity index (χ1v) is 6.00. The van der Waals surface area contributed by atoms with Crippen molar-refractivity contribution in [1.29, 1.82) is 0 Å². The highest BCUT2D eigenvalue weighted by Crippen LogP contribution is 2.19. The molecule has 0 aliphatic heterocycles. The van der Waals surface area contributed by atoms with E-state index in [4.69, 9.17) is 5.73 Å². The molecule has 0 aliphatic carbocycles. The van der Waals surface area contributed by atoms with Crippen molar-refractivity contribution in [2.24, 2.45) is 0 Å². The van der Waals surface area contributed by atoms with Crippen molar-refractivity contribution < 1.29 is 14.3 Å². The first kappa shape index (κ1) is 13.8. The van der Waals surface area contributed by atoms with Crippen LogP contribution in [0.3, 0.4) is 0 Å². The summed E-state index contributed by atoms with van der Waals surface area (Å²) in [7, 11) is 2.79. The summed E-state index contributed by atoms with van der Waals surface area (Å²) in [5.41, 5.74) is 7.16. The summed E-state index contributed by atoms with van der Waals surface area (Å²) >= 11 is 0. The fourth-order valence-electron chi connectivity index (χ4n) is 1.81. The Labute approximate surface area is 116 Å². The van der Waals surface area contributed by atoms with Crippen molar-refractivity contribution in [2.75, 3.05) is 26.4 Å². The van der Waals surface area contributed by atoms with Crippen molar-refractivity contribution in [3.63, 3.8) is 0 Å². The number of carbonyl (C=O) groups excluding carboxylic acids is 2. The van der Waals surface area contributed by atoms with Crippen LogP contribution in [-0.4, -0.2) is 42.5 Å². The predicted octanol–water partition coefficient (Wildman–Crippen LogP) is 1.06. The zero-order valence-electron chi connectivity index (χ0n) is 11.3. The van der Waals surface area contributed by atoms with Gasteiger partial charge in [0.05, 0.1) is 18.3 Å². The molecule has 0 radical (unpaired) electrons. The fraction of sp³-hybridized carbons (Fsp3) is 0.214. The number of nitrogens with zero attached hydrogens (tertiary/aromatic N) is 2. The van der Waals surface area contributed by atoms with Gasteiger partial charge in [0.25, 0.3) is 5.91 Å². The van der Waals surface area contributed by atoms with Crippen LogP contribution in [0.25, 0.3) is 10.9 Å². The van der Waals surface area contributed by atoms with E-state index in [9.17, 15) is 9.59 Å². The number of esters is 1. The smallest absolute Gasteiger partial charge is 0.325 e. The highest BCUT2D eigenvalue weighted by atomic mass is 16.5. The topological polar surface area (TPSA) is 85.5 Å². The Morgan fingerprint density at radius 2 is 2.05 bits per heavy atom. The van der Waals surface area contributed by atoms with Crippen molar-refractivity contribution in [3.8, 4) is 0 Å². The van der Waals surface area contributed by atoms with Gasteiger partial charge in [-0.25, -0.2) is 4.98 Å². The monoisotopic (exact) mass is 273 g/mol. The molecule has 20 heavy (non-hydrogen) atoms. The number of methoxy groups -OCH3 is 1. The molecular weight excluding hydrogens is 258 g/mol. The first-order valence-electron chi connectivity index (χ1n) is 6.00. The quantitative estimate of drug-likeness (QED) is 0.667. The van der Waals surface area contributed by atoms with E-state index >= 15 is 0 Å². The third kappa shape index (κ3) is 2.69. The number of amides is 1. The van der Waals surface area contributed by atoms with Crippen LogP contribution < -0.4 is 5.73 Å². The number of likely N-dealkylation sites (N-methyl/N-ethyl adjacent to an activating group) is 1. The number of hydrogen-bond acceptors (Lipinski definition) is 5. The van der Waals surface area contributed by atoms with Gasteiger partial charge in [0.15, 0.2) is 0 Å². The Morgan fingerprint density at radius 1 is 1.30 bits per heavy atom. The van der Waals surface area contributed by atoms with E-state index in [1.165, 1.54) is 19.1 Å². The second-order valence-electron chi connectivity index (χ2n) is 4.35. The van der Waals surface area contributed by atoms with Gasteiger partial charge in [0.1, 0.15) is 12.2 Å². The van der Waals surface area contributed by atoms with E-state index in [0.29, 0.717) is 11.2 Å². The molecule has 0 fully saturated rings. The Kier molecular flexibility index (Phi) is 3.84. The van der Waals surface area contributed by atoms with Gasteiger partial charge < -0.3 is 15.4 Å². The maximum Gasteiger partial charge on any atom is 0.325 e. The van der Waals surface area contributed by atoms with Crippen molar-refractivity contribution in [3.05, 3.63) is 36.0 Å². The van der Waals surface area contributed by atoms with Gasteiger partial charge in [-0.05, 0) is 12.1 Å². The molecular formula is C14H15N3O3. The number of carbonyl (C=O) groups is 2.